The van der Waals surface area contributed by atoms with E-state index in [1.807, 2.05) is 23.1 Å². The molecule has 0 bridgehead atoms. The zero-order valence-electron chi connectivity index (χ0n) is 51.3. The number of amides is 2. The lowest BCUT2D eigenvalue weighted by atomic mass is 9.33. The molecule has 13 nitrogen and oxygen atoms in total. The van der Waals surface area contributed by atoms with Crippen molar-refractivity contribution in [3.8, 4) is 22.5 Å². The zero-order chi connectivity index (χ0) is 58.1. The van der Waals surface area contributed by atoms with Crippen LogP contribution in [0.2, 0.25) is 0 Å². The van der Waals surface area contributed by atoms with Gasteiger partial charge < -0.3 is 45.7 Å². The Morgan fingerprint density at radius 3 is 2.09 bits per heavy atom. The molecule has 0 N–H and O–H groups in total. The summed E-state index contributed by atoms with van der Waals surface area (Å²) in [4.78, 5) is 75.6. The second-order valence-electron chi connectivity index (χ2n) is 26.3. The van der Waals surface area contributed by atoms with Crippen LogP contribution in [0.3, 0.4) is 0 Å². The summed E-state index contributed by atoms with van der Waals surface area (Å²) >= 11 is 0. The molecule has 14 heteroatoms. The number of fused-ring (bicyclic) bond motifs is 9. The van der Waals surface area contributed by atoms with Crippen LogP contribution in [0, 0.1) is 56.7 Å². The highest BCUT2D eigenvalue weighted by atomic mass is 35.5. The minimum atomic E-state index is -0.815. The molecule has 6 aliphatic carbocycles. The highest BCUT2D eigenvalue weighted by molar-refractivity contribution is 6.09. The van der Waals surface area contributed by atoms with Gasteiger partial charge in [0.15, 0.2) is 0 Å². The summed E-state index contributed by atoms with van der Waals surface area (Å²) in [5.74, 6) is 0.651. The normalized spacial score (nSPS) is 32.2. The first-order valence-corrected chi connectivity index (χ1v) is 30.7. The third-order valence-corrected chi connectivity index (χ3v) is 22.5. The van der Waals surface area contributed by atoms with E-state index in [-0.39, 0.29) is 70.7 Å². The second kappa shape index (κ2) is 23.1. The Balaban J connectivity index is 0.00000810. The summed E-state index contributed by atoms with van der Waals surface area (Å²) in [6.07, 6.45) is 7.64. The van der Waals surface area contributed by atoms with Crippen molar-refractivity contribution in [3.05, 3.63) is 83.2 Å². The van der Waals surface area contributed by atoms with Gasteiger partial charge in [-0.05, 0) is 155 Å². The maximum absolute atomic E-state index is 15.9. The molecule has 2 aliphatic heterocycles. The third kappa shape index (κ3) is 9.85. The van der Waals surface area contributed by atoms with Gasteiger partial charge in [0, 0.05) is 105 Å². The quantitative estimate of drug-likeness (QED) is 0.0445. The maximum atomic E-state index is 15.9. The summed E-state index contributed by atoms with van der Waals surface area (Å²) in [6, 6.07) is 20.9. The van der Waals surface area contributed by atoms with E-state index < -0.39 is 40.9 Å². The van der Waals surface area contributed by atoms with Crippen LogP contribution in [0.15, 0.2) is 76.7 Å². The van der Waals surface area contributed by atoms with Crippen LogP contribution in [0.1, 0.15) is 152 Å². The molecule has 0 aromatic heterocycles. The number of esters is 3. The number of carbonyl (C=O) groups is 5. The fourth-order valence-corrected chi connectivity index (χ4v) is 18.1. The molecule has 2 amide bonds. The highest BCUT2D eigenvalue weighted by Gasteiger charge is 2.72. The molecule has 2 aromatic carbocycles. The van der Waals surface area contributed by atoms with E-state index in [4.69, 9.17) is 18.6 Å². The molecule has 0 spiro atoms. The van der Waals surface area contributed by atoms with Crippen LogP contribution in [0.5, 0.6) is 0 Å². The summed E-state index contributed by atoms with van der Waals surface area (Å²) in [6.45, 7) is 32.4. The van der Waals surface area contributed by atoms with Crippen molar-refractivity contribution in [1.29, 1.82) is 0 Å². The third-order valence-electron chi connectivity index (χ3n) is 22.5. The Kier molecular flexibility index (Phi) is 17.1. The predicted octanol–water partition coefficient (Wildman–Crippen LogP) is 8.83. The number of rotatable bonds is 12. The number of nitrogens with zero attached hydrogens (tertiary/aromatic N) is 4. The minimum Gasteiger partial charge on any atom is -1.00 e. The number of allylic oxidation sites excluding steroid dienone is 2. The maximum Gasteiger partial charge on any atom is 0.303 e. The van der Waals surface area contributed by atoms with Gasteiger partial charge in [-0.3, -0.25) is 24.0 Å². The van der Waals surface area contributed by atoms with E-state index in [0.717, 1.165) is 116 Å². The Labute approximate surface area is 493 Å². The van der Waals surface area contributed by atoms with Gasteiger partial charge in [0.1, 0.15) is 43.2 Å². The largest absolute Gasteiger partial charge is 1.00 e. The number of ether oxygens (including phenoxy) is 3. The van der Waals surface area contributed by atoms with Crippen molar-refractivity contribution < 1.29 is 55.0 Å². The van der Waals surface area contributed by atoms with E-state index in [0.29, 0.717) is 44.1 Å². The molecule has 4 saturated carbocycles. The van der Waals surface area contributed by atoms with Crippen molar-refractivity contribution in [2.75, 3.05) is 63.9 Å². The lowest BCUT2D eigenvalue weighted by molar-refractivity contribution is -0.256. The van der Waals surface area contributed by atoms with E-state index >= 15 is 9.59 Å². The molecular formula is C68H91ClN4O9. The second-order valence-corrected chi connectivity index (χ2v) is 26.3. The number of piperazine rings is 1. The standard InChI is InChI=1S/C68H91N4O9.ClH/c1-14-69(15-2)47-22-24-51-54(38-47)81-55-39-48(70(16-3)17-4)23-25-52(55)59(51)49-20-18-19-21-50(49)62(76)71-34-36-72(37-35-71)63(77)68-31-28-42(5)43(6)60(68)53-26-27-58-64(10)40-56(79-45(8)74)61(80-46(9)75)65(11,41-78-44(7)73)57(64)29-30-67(58,13)66(53,12)32-33-68;/h18-26,38-39,42-43,56-58,60-61H,14-17,27-37,40-41H2,1-13H3;1H/q+1;/p-1/t42-,43+,56-,57-,58-,60+,61+,64+,65+,66-,67-,68+;/m1./s1. The SMILES string of the molecule is CCN(CC)c1ccc2c(-c3ccccc3C(=O)N3CCN(C(=O)[C@]45CC[C@@H](C)[C@H](C)[C@H]4C4=CC[C@@H]6[C@@]7(C)C[C@@H](OC(C)=O)[C@H](OC(C)=O)[C@@](C)(COC(C)=O)[C@@H]7CC[C@@]6(C)[C@]4(C)CC5)CC3)c3ccc(=[N+](CC)CC)cc-3oc2c1.[Cl-]. The van der Waals surface area contributed by atoms with Gasteiger partial charge in [-0.1, -0.05) is 71.4 Å². The topological polar surface area (TPSA) is 139 Å². The Morgan fingerprint density at radius 1 is 0.744 bits per heavy atom. The molecule has 2 aromatic rings. The summed E-state index contributed by atoms with van der Waals surface area (Å²) in [5, 5.41) is 2.04. The van der Waals surface area contributed by atoms with Crippen LogP contribution in [0.4, 0.5) is 5.69 Å². The van der Waals surface area contributed by atoms with Crippen molar-refractivity contribution in [1.82, 2.24) is 14.4 Å². The summed E-state index contributed by atoms with van der Waals surface area (Å²) < 4.78 is 27.2. The molecule has 12 atom stereocenters. The number of halogens is 1. The lowest BCUT2D eigenvalue weighted by Gasteiger charge is -2.72. The average molecular weight is 1140 g/mol. The monoisotopic (exact) mass is 1140 g/mol. The smallest absolute Gasteiger partial charge is 0.303 e. The molecule has 1 saturated heterocycles. The fraction of sp³-hybridized carbons (Fsp3) is 0.618. The van der Waals surface area contributed by atoms with Crippen LogP contribution < -0.4 is 27.2 Å². The Morgan fingerprint density at radius 2 is 1.43 bits per heavy atom. The van der Waals surface area contributed by atoms with E-state index in [1.54, 1.807) is 0 Å². The molecule has 0 radical (unpaired) electrons. The number of hydrogen-bond acceptors (Lipinski definition) is 10. The highest BCUT2D eigenvalue weighted by Crippen LogP contribution is 2.76. The van der Waals surface area contributed by atoms with Crippen LogP contribution in [-0.4, -0.2) is 111 Å². The number of benzene rings is 3. The molecule has 8 aliphatic rings. The van der Waals surface area contributed by atoms with Gasteiger partial charge in [0.2, 0.25) is 11.3 Å². The number of hydrogen-bond donors (Lipinski definition) is 0. The summed E-state index contributed by atoms with van der Waals surface area (Å²) in [7, 11) is 0. The first kappa shape index (κ1) is 60.9. The number of carbonyl (C=O) groups excluding carboxylic acids is 5. The fourth-order valence-electron chi connectivity index (χ4n) is 18.1. The first-order chi connectivity index (χ1) is 38.5. The van der Waals surface area contributed by atoms with Crippen molar-refractivity contribution >= 4 is 46.4 Å². The molecule has 0 unspecified atom stereocenters. The van der Waals surface area contributed by atoms with Crippen LogP contribution in [-0.2, 0) is 33.4 Å². The zero-order valence-corrected chi connectivity index (χ0v) is 52.0. The molecule has 10 rings (SSSR count). The van der Waals surface area contributed by atoms with E-state index in [2.05, 4.69) is 132 Å². The van der Waals surface area contributed by atoms with Crippen LogP contribution >= 0.6 is 0 Å². The minimum absolute atomic E-state index is 0. The molecule has 444 valence electrons. The van der Waals surface area contributed by atoms with Crippen molar-refractivity contribution in [3.63, 3.8) is 0 Å². The van der Waals surface area contributed by atoms with E-state index in [9.17, 15) is 14.4 Å². The van der Waals surface area contributed by atoms with Crippen LogP contribution in [0.25, 0.3) is 33.4 Å². The molecule has 5 fully saturated rings. The van der Waals surface area contributed by atoms with Gasteiger partial charge in [0.25, 0.3) is 5.91 Å². The van der Waals surface area contributed by atoms with E-state index in [1.165, 1.54) is 26.3 Å². The van der Waals surface area contributed by atoms with Crippen molar-refractivity contribution in [2.45, 2.75) is 154 Å². The molecule has 2 heterocycles. The average Bonchev–Trinajstić information content (AvgIpc) is 2.33. The molecular weight excluding hydrogens is 1050 g/mol. The number of anilines is 1. The summed E-state index contributed by atoms with van der Waals surface area (Å²) in [5.41, 5.74) is 4.61. The first-order valence-electron chi connectivity index (χ1n) is 30.7. The van der Waals surface area contributed by atoms with Gasteiger partial charge in [-0.15, -0.1) is 0 Å². The van der Waals surface area contributed by atoms with Gasteiger partial charge in [0.05, 0.1) is 11.5 Å². The lowest BCUT2D eigenvalue weighted by Crippen LogP contribution is -3.00. The van der Waals surface area contributed by atoms with Gasteiger partial charge >= 0.3 is 17.9 Å². The van der Waals surface area contributed by atoms with Crippen molar-refractivity contribution in [2.24, 2.45) is 56.7 Å². The predicted molar refractivity (Wildman–Crippen MR) is 317 cm³/mol. The Hall–Kier alpha value is -5.69. The Bertz CT molecular complexity index is 3190. The van der Waals surface area contributed by atoms with Gasteiger partial charge in [-0.2, -0.15) is 0 Å². The molecule has 82 heavy (non-hydrogen) atoms. The van der Waals surface area contributed by atoms with Gasteiger partial charge in [-0.25, -0.2) is 4.58 Å².